The zero-order chi connectivity index (χ0) is 47.7. The van der Waals surface area contributed by atoms with Gasteiger partial charge in [0.1, 0.15) is 12.1 Å². The molecule has 5 rings (SSSR count). The molecule has 1 N–H and O–H groups in total. The number of benzene rings is 1. The van der Waals surface area contributed by atoms with Crippen LogP contribution >= 0.6 is 18.9 Å². The molecule has 1 aromatic heterocycles. The number of hydrogen-bond donors (Lipinski definition) is 1. The van der Waals surface area contributed by atoms with E-state index in [0.29, 0.717) is 36.8 Å². The molecule has 3 atom stereocenters. The first-order valence-electron chi connectivity index (χ1n) is 20.8. The number of fused-ring (bicyclic) bond motifs is 2. The van der Waals surface area contributed by atoms with Crippen LogP contribution in [0.5, 0.6) is 0 Å². The summed E-state index contributed by atoms with van der Waals surface area (Å²) in [6.07, 6.45) is 3.21. The summed E-state index contributed by atoms with van der Waals surface area (Å²) in [6.45, 7) is 8.59. The SMILES string of the molecule is CC(=O)N1CC[C@H]2CC[C@@H](C(=O)N(C)C3CCN(S(C)(=O)=O)CC3)N2C(=O)[C@@H](NC(=O)c2cc3cc(C(F)(F)P(=O)(OCOC(=O)C(C)(C)C)OCOC(=O)C(C)(C)C)ccc3s2)C1. The van der Waals surface area contributed by atoms with Crippen LogP contribution in [0.4, 0.5) is 8.78 Å². The molecule has 4 heterocycles. The molecule has 2 aromatic rings. The Morgan fingerprint density at radius 1 is 0.891 bits per heavy atom. The molecule has 3 aliphatic heterocycles. The number of nitrogens with one attached hydrogen (secondary N) is 1. The molecule has 3 fully saturated rings. The fourth-order valence-corrected chi connectivity index (χ4v) is 10.7. The highest BCUT2D eigenvalue weighted by Gasteiger charge is 2.56. The number of ether oxygens (including phenoxy) is 2. The molecule has 0 aliphatic carbocycles. The number of carbonyl (C=O) groups excluding carboxylic acids is 6. The highest BCUT2D eigenvalue weighted by atomic mass is 32.2. The standard InChI is InChI=1S/C41H58F2N5O13PS2/c1-25(49)46-17-14-29-11-12-31(36(52)45(8)28-15-18-47(19-16-28)64(9,56)57)48(29)35(51)30(22-46)44-34(50)33-21-26-20-27(10-13-32(26)63-33)41(42,43)62(55,60-23-58-37(53)39(2,3)4)61-24-59-38(54)40(5,6)7/h10,13,20-21,28-31H,11-12,14-19,22-24H2,1-9H3,(H,44,50)/t29-,30+,31+/m1/s1. The van der Waals surface area contributed by atoms with Crippen molar-refractivity contribution < 1.29 is 69.1 Å². The minimum atomic E-state index is -5.64. The van der Waals surface area contributed by atoms with Crippen LogP contribution < -0.4 is 5.32 Å². The quantitative estimate of drug-likeness (QED) is 0.162. The third-order valence-corrected chi connectivity index (χ3v) is 15.8. The number of esters is 2. The lowest BCUT2D eigenvalue weighted by Gasteiger charge is -2.41. The lowest BCUT2D eigenvalue weighted by Crippen LogP contribution is -2.61. The summed E-state index contributed by atoms with van der Waals surface area (Å²) < 4.78 is 92.2. The zero-order valence-corrected chi connectivity index (χ0v) is 40.0. The van der Waals surface area contributed by atoms with Gasteiger partial charge in [0, 0.05) is 62.5 Å². The second-order valence-electron chi connectivity index (χ2n) is 18.4. The first-order valence-corrected chi connectivity index (χ1v) is 25.0. The molecule has 0 spiro atoms. The van der Waals surface area contributed by atoms with Gasteiger partial charge in [-0.25, -0.2) is 12.7 Å². The van der Waals surface area contributed by atoms with Gasteiger partial charge in [-0.15, -0.1) is 11.3 Å². The van der Waals surface area contributed by atoms with Gasteiger partial charge in [-0.05, 0) is 97.2 Å². The van der Waals surface area contributed by atoms with Gasteiger partial charge in [-0.1, -0.05) is 6.07 Å². The first kappa shape index (κ1) is 50.9. The number of amides is 4. The third kappa shape index (κ3) is 11.5. The smallest absolute Gasteiger partial charge is 0.410 e. The van der Waals surface area contributed by atoms with Gasteiger partial charge in [0.15, 0.2) is 0 Å². The Labute approximate surface area is 375 Å². The summed E-state index contributed by atoms with van der Waals surface area (Å²) in [4.78, 5) is 84.3. The fraction of sp³-hybridized carbons (Fsp3) is 0.659. The highest BCUT2D eigenvalue weighted by molar-refractivity contribution is 7.88. The molecule has 0 unspecified atom stereocenters. The Bertz CT molecular complexity index is 2250. The number of halogens is 2. The number of sulfonamides is 1. The van der Waals surface area contributed by atoms with Gasteiger partial charge < -0.3 is 29.5 Å². The molecule has 0 radical (unpaired) electrons. The van der Waals surface area contributed by atoms with Crippen LogP contribution in [0.3, 0.4) is 0 Å². The van der Waals surface area contributed by atoms with E-state index in [1.54, 1.807) is 11.9 Å². The Hall–Kier alpha value is -4.08. The number of piperidine rings is 1. The molecular formula is C41H58F2N5O13PS2. The maximum atomic E-state index is 16.4. The van der Waals surface area contributed by atoms with Gasteiger partial charge in [-0.2, -0.15) is 8.78 Å². The van der Waals surface area contributed by atoms with E-state index in [9.17, 15) is 41.8 Å². The Morgan fingerprint density at radius 2 is 1.47 bits per heavy atom. The van der Waals surface area contributed by atoms with Crippen LogP contribution in [0.25, 0.3) is 10.1 Å². The monoisotopic (exact) mass is 961 g/mol. The average molecular weight is 962 g/mol. The molecule has 64 heavy (non-hydrogen) atoms. The van der Waals surface area contributed by atoms with E-state index in [-0.39, 0.29) is 54.3 Å². The highest BCUT2D eigenvalue weighted by Crippen LogP contribution is 2.67. The van der Waals surface area contributed by atoms with E-state index >= 15 is 8.78 Å². The van der Waals surface area contributed by atoms with Crippen molar-refractivity contribution in [2.45, 2.75) is 110 Å². The van der Waals surface area contributed by atoms with E-state index < -0.39 is 95.1 Å². The summed E-state index contributed by atoms with van der Waals surface area (Å²) in [6, 6.07) is 1.65. The number of nitrogens with zero attached hydrogens (tertiary/aromatic N) is 4. The number of likely N-dealkylation sites (N-methyl/N-ethyl adjacent to an activating group) is 1. The van der Waals surface area contributed by atoms with Crippen molar-refractivity contribution in [3.8, 4) is 0 Å². The number of rotatable bonds is 13. The molecule has 4 amide bonds. The third-order valence-electron chi connectivity index (χ3n) is 11.5. The van der Waals surface area contributed by atoms with E-state index in [1.165, 1.54) is 74.7 Å². The van der Waals surface area contributed by atoms with E-state index in [2.05, 4.69) is 5.32 Å². The van der Waals surface area contributed by atoms with Gasteiger partial charge in [0.2, 0.25) is 41.3 Å². The summed E-state index contributed by atoms with van der Waals surface area (Å²) in [5, 5.41) is 2.83. The number of thiophene rings is 1. The summed E-state index contributed by atoms with van der Waals surface area (Å²) >= 11 is 0.913. The van der Waals surface area contributed by atoms with Crippen LogP contribution in [0.2, 0.25) is 0 Å². The van der Waals surface area contributed by atoms with Gasteiger partial charge >= 0.3 is 25.2 Å². The maximum absolute atomic E-state index is 16.4. The van der Waals surface area contributed by atoms with Gasteiger partial charge in [0.25, 0.3) is 5.91 Å². The Morgan fingerprint density at radius 3 is 2.00 bits per heavy atom. The lowest BCUT2D eigenvalue weighted by atomic mass is 9.98. The minimum Gasteiger partial charge on any atom is -0.438 e. The van der Waals surface area contributed by atoms with Gasteiger partial charge in [-0.3, -0.25) is 42.4 Å². The van der Waals surface area contributed by atoms with Crippen LogP contribution in [-0.2, 0) is 62.7 Å². The molecule has 356 valence electrons. The summed E-state index contributed by atoms with van der Waals surface area (Å²) in [7, 11) is -7.39. The molecule has 3 aliphatic rings. The van der Waals surface area contributed by atoms with Crippen LogP contribution in [0.15, 0.2) is 24.3 Å². The molecule has 0 saturated carbocycles. The fourth-order valence-electron chi connectivity index (χ4n) is 7.65. The molecule has 1 aromatic carbocycles. The topological polar surface area (TPSA) is 216 Å². The minimum absolute atomic E-state index is 0.00402. The van der Waals surface area contributed by atoms with Crippen molar-refractivity contribution >= 4 is 74.6 Å². The van der Waals surface area contributed by atoms with E-state index in [0.717, 1.165) is 29.7 Å². The number of alkyl halides is 2. The lowest BCUT2D eigenvalue weighted by molar-refractivity contribution is -0.163. The van der Waals surface area contributed by atoms with Crippen molar-refractivity contribution in [1.29, 1.82) is 0 Å². The number of hydrogen-bond acceptors (Lipinski definition) is 14. The van der Waals surface area contributed by atoms with Crippen LogP contribution in [0.1, 0.15) is 95.8 Å². The predicted molar refractivity (Wildman–Crippen MR) is 230 cm³/mol. The second kappa shape index (κ2) is 19.4. The molecule has 3 saturated heterocycles. The van der Waals surface area contributed by atoms with Crippen molar-refractivity contribution in [2.75, 3.05) is 53.1 Å². The van der Waals surface area contributed by atoms with Crippen LogP contribution in [0, 0.1) is 10.8 Å². The van der Waals surface area contributed by atoms with E-state index in [4.69, 9.17) is 18.5 Å². The predicted octanol–water partition coefficient (Wildman–Crippen LogP) is 4.86. The molecular weight excluding hydrogens is 904 g/mol. The van der Waals surface area contributed by atoms with Crippen molar-refractivity contribution in [3.63, 3.8) is 0 Å². The van der Waals surface area contributed by atoms with Crippen molar-refractivity contribution in [1.82, 2.24) is 24.3 Å². The van der Waals surface area contributed by atoms with Crippen molar-refractivity contribution in [3.05, 3.63) is 34.7 Å². The molecule has 23 heteroatoms. The van der Waals surface area contributed by atoms with Gasteiger partial charge in [0.05, 0.1) is 22.0 Å². The Balaban J connectivity index is 1.36. The second-order valence-corrected chi connectivity index (χ2v) is 23.5. The van der Waals surface area contributed by atoms with E-state index in [1.807, 2.05) is 0 Å². The molecule has 18 nitrogen and oxygen atoms in total. The maximum Gasteiger partial charge on any atom is 0.410 e. The first-order chi connectivity index (χ1) is 29.5. The van der Waals surface area contributed by atoms with Crippen molar-refractivity contribution in [2.24, 2.45) is 10.8 Å². The average Bonchev–Trinajstić information content (AvgIpc) is 3.83. The number of carbonyl (C=O) groups is 6. The normalized spacial score (nSPS) is 20.9. The Kier molecular flexibility index (Phi) is 15.4. The molecule has 0 bridgehead atoms. The largest absolute Gasteiger partial charge is 0.438 e. The summed E-state index contributed by atoms with van der Waals surface area (Å²) in [5.41, 5.74) is -7.40. The zero-order valence-electron chi connectivity index (χ0n) is 37.5. The van der Waals surface area contributed by atoms with Crippen LogP contribution in [-0.4, -0.2) is 140 Å². The summed E-state index contributed by atoms with van der Waals surface area (Å²) in [5.74, 6) is -3.65.